The van der Waals surface area contributed by atoms with Gasteiger partial charge in [-0.05, 0) is 69.7 Å². The quantitative estimate of drug-likeness (QED) is 0.315. The first-order valence-corrected chi connectivity index (χ1v) is 15.8. The van der Waals surface area contributed by atoms with Crippen LogP contribution in [0.25, 0.3) is 27.6 Å². The van der Waals surface area contributed by atoms with Gasteiger partial charge in [-0.3, -0.25) is 9.36 Å². The number of nitrogens with one attached hydrogen (secondary N) is 1. The van der Waals surface area contributed by atoms with E-state index >= 15 is 0 Å². The maximum Gasteiger partial charge on any atom is 0.245 e. The zero-order chi connectivity index (χ0) is 28.0. The highest BCUT2D eigenvalue weighted by Gasteiger charge is 2.34. The Kier molecular flexibility index (Phi) is 7.18. The number of aryl methyl sites for hydroxylation is 1. The normalized spacial score (nSPS) is 20.8. The van der Waals surface area contributed by atoms with Gasteiger partial charge < -0.3 is 10.1 Å². The van der Waals surface area contributed by atoms with E-state index in [9.17, 15) is 13.2 Å². The molecule has 1 amide bonds. The van der Waals surface area contributed by atoms with Gasteiger partial charge in [-0.1, -0.05) is 31.5 Å². The van der Waals surface area contributed by atoms with Gasteiger partial charge in [0.15, 0.2) is 12.0 Å². The van der Waals surface area contributed by atoms with Crippen molar-refractivity contribution in [1.82, 2.24) is 18.7 Å². The Bertz CT molecular complexity index is 1680. The number of piperidine rings is 1. The van der Waals surface area contributed by atoms with Crippen LogP contribution in [0.1, 0.15) is 70.6 Å². The van der Waals surface area contributed by atoms with Gasteiger partial charge in [-0.15, -0.1) is 0 Å². The molecule has 10 heteroatoms. The molecule has 2 saturated heterocycles. The molecule has 212 valence electrons. The Morgan fingerprint density at radius 3 is 2.62 bits per heavy atom. The lowest BCUT2D eigenvalue weighted by Gasteiger charge is -2.32. The van der Waals surface area contributed by atoms with E-state index in [1.165, 1.54) is 0 Å². The fourth-order valence-corrected chi connectivity index (χ4v) is 7.94. The number of fused-ring (bicyclic) bond motifs is 2. The van der Waals surface area contributed by atoms with Crippen molar-refractivity contribution in [2.75, 3.05) is 18.5 Å². The van der Waals surface area contributed by atoms with Crippen molar-refractivity contribution in [2.24, 2.45) is 0 Å². The van der Waals surface area contributed by atoms with Crippen molar-refractivity contribution < 1.29 is 17.9 Å². The molecule has 0 aliphatic carbocycles. The van der Waals surface area contributed by atoms with Crippen LogP contribution >= 0.6 is 0 Å². The summed E-state index contributed by atoms with van der Waals surface area (Å²) < 4.78 is 39.7. The number of para-hydroxylation sites is 1. The predicted octanol–water partition coefficient (Wildman–Crippen LogP) is 5.90. The van der Waals surface area contributed by atoms with E-state index in [0.29, 0.717) is 35.7 Å². The fraction of sp³-hybridized carbons (Fsp3) is 0.467. The summed E-state index contributed by atoms with van der Waals surface area (Å²) >= 11 is 0. The van der Waals surface area contributed by atoms with E-state index in [1.807, 2.05) is 66.4 Å². The zero-order valence-corrected chi connectivity index (χ0v) is 24.2. The molecule has 2 aliphatic rings. The van der Waals surface area contributed by atoms with E-state index in [-0.39, 0.29) is 18.2 Å². The Hall–Kier alpha value is -3.21. The summed E-state index contributed by atoms with van der Waals surface area (Å²) in [6.07, 6.45) is 7.54. The second-order valence-electron chi connectivity index (χ2n) is 11.0. The second kappa shape index (κ2) is 10.6. The number of benzene rings is 2. The number of aromatic nitrogens is 3. The minimum atomic E-state index is -3.72. The van der Waals surface area contributed by atoms with E-state index in [4.69, 9.17) is 9.84 Å². The highest BCUT2D eigenvalue weighted by atomic mass is 32.2. The first kappa shape index (κ1) is 27.0. The van der Waals surface area contributed by atoms with Crippen LogP contribution in [0.3, 0.4) is 0 Å². The van der Waals surface area contributed by atoms with Crippen LogP contribution in [0.5, 0.6) is 0 Å². The minimum absolute atomic E-state index is 0.0382. The van der Waals surface area contributed by atoms with Crippen LogP contribution in [0, 0.1) is 6.92 Å². The summed E-state index contributed by atoms with van der Waals surface area (Å²) in [7, 11) is -3.72. The van der Waals surface area contributed by atoms with Gasteiger partial charge in [-0.25, -0.2) is 13.1 Å². The maximum absolute atomic E-state index is 14.0. The molecule has 2 aromatic heterocycles. The van der Waals surface area contributed by atoms with E-state index < -0.39 is 10.0 Å². The molecule has 4 aromatic rings. The molecular formula is C30H37N5O4S. The number of sulfonamides is 1. The molecule has 9 nitrogen and oxygen atoms in total. The average molecular weight is 564 g/mol. The smallest absolute Gasteiger partial charge is 0.245 e. The van der Waals surface area contributed by atoms with E-state index in [1.54, 1.807) is 10.5 Å². The van der Waals surface area contributed by atoms with Gasteiger partial charge in [0.1, 0.15) is 4.90 Å². The van der Waals surface area contributed by atoms with E-state index in [0.717, 1.165) is 66.2 Å². The zero-order valence-electron chi connectivity index (χ0n) is 23.4. The van der Waals surface area contributed by atoms with Crippen LogP contribution in [0.4, 0.5) is 5.69 Å². The summed E-state index contributed by atoms with van der Waals surface area (Å²) in [6, 6.07) is 11.6. The molecule has 0 bridgehead atoms. The molecule has 0 saturated carbocycles. The lowest BCUT2D eigenvalue weighted by atomic mass is 10.1. The average Bonchev–Trinajstić information content (AvgIpc) is 3.52. The number of nitrogens with zero attached hydrogens (tertiary/aromatic N) is 4. The van der Waals surface area contributed by atoms with Crippen LogP contribution in [-0.4, -0.2) is 52.2 Å². The van der Waals surface area contributed by atoms with Crippen LogP contribution in [0.2, 0.25) is 0 Å². The first-order valence-electron chi connectivity index (χ1n) is 14.4. The standard InChI is InChI=1S/C30H37N5O4S/c1-4-28(36)31-24-18-26-23(17-20(24)2)30(32-35(26)29-14-8-10-16-39-29)33-19-27(22-12-5-6-13-25(22)33)40(37,38)34-15-9-7-11-21(34)3/h5-6,12-13,17-19,21,29H,4,7-11,14-16H2,1-3H3,(H,31,36). The molecule has 2 aliphatic heterocycles. The Labute approximate surface area is 235 Å². The Morgan fingerprint density at radius 1 is 1.07 bits per heavy atom. The molecular weight excluding hydrogens is 526 g/mol. The molecule has 6 rings (SSSR count). The van der Waals surface area contributed by atoms with Crippen LogP contribution < -0.4 is 5.32 Å². The largest absolute Gasteiger partial charge is 0.356 e. The second-order valence-corrected chi connectivity index (χ2v) is 12.9. The number of anilines is 1. The molecule has 2 aromatic carbocycles. The predicted molar refractivity (Wildman–Crippen MR) is 156 cm³/mol. The van der Waals surface area contributed by atoms with Crippen molar-refractivity contribution in [3.8, 4) is 5.82 Å². The Morgan fingerprint density at radius 2 is 1.88 bits per heavy atom. The molecule has 0 radical (unpaired) electrons. The third kappa shape index (κ3) is 4.61. The summed E-state index contributed by atoms with van der Waals surface area (Å²) in [4.78, 5) is 12.6. The summed E-state index contributed by atoms with van der Waals surface area (Å²) in [6.45, 7) is 6.98. The number of ether oxygens (including phenoxy) is 1. The molecule has 2 atom stereocenters. The van der Waals surface area contributed by atoms with Crippen molar-refractivity contribution >= 4 is 43.4 Å². The first-order chi connectivity index (χ1) is 19.3. The minimum Gasteiger partial charge on any atom is -0.356 e. The fourth-order valence-electron chi connectivity index (χ4n) is 6.05. The number of carbonyl (C=O) groups excluding carboxylic acids is 1. The highest BCUT2D eigenvalue weighted by Crippen LogP contribution is 2.37. The van der Waals surface area contributed by atoms with Crippen LogP contribution in [-0.2, 0) is 19.6 Å². The number of hydrogen-bond donors (Lipinski definition) is 1. The number of hydrogen-bond acceptors (Lipinski definition) is 5. The van der Waals surface area contributed by atoms with E-state index in [2.05, 4.69) is 5.32 Å². The third-order valence-electron chi connectivity index (χ3n) is 8.29. The highest BCUT2D eigenvalue weighted by molar-refractivity contribution is 7.89. The van der Waals surface area contributed by atoms with Gasteiger partial charge >= 0.3 is 0 Å². The molecule has 0 spiro atoms. The molecule has 2 unspecified atom stereocenters. The number of amides is 1. The van der Waals surface area contributed by atoms with Crippen molar-refractivity contribution in [3.63, 3.8) is 0 Å². The van der Waals surface area contributed by atoms with Gasteiger partial charge in [0.25, 0.3) is 0 Å². The lowest BCUT2D eigenvalue weighted by molar-refractivity contribution is -0.115. The molecule has 4 heterocycles. The van der Waals surface area contributed by atoms with Gasteiger partial charge in [0.2, 0.25) is 15.9 Å². The van der Waals surface area contributed by atoms with Crippen molar-refractivity contribution in [2.45, 2.75) is 82.9 Å². The van der Waals surface area contributed by atoms with Crippen molar-refractivity contribution in [1.29, 1.82) is 0 Å². The van der Waals surface area contributed by atoms with Crippen molar-refractivity contribution in [3.05, 3.63) is 48.2 Å². The van der Waals surface area contributed by atoms with Crippen LogP contribution in [0.15, 0.2) is 47.5 Å². The molecule has 40 heavy (non-hydrogen) atoms. The Balaban J connectivity index is 1.56. The summed E-state index contributed by atoms with van der Waals surface area (Å²) in [5.41, 5.74) is 3.27. The SMILES string of the molecule is CCC(=O)Nc1cc2c(cc1C)c(-n1cc(S(=O)(=O)N3CCCCC3C)c3ccccc31)nn2C1CCCCO1. The summed E-state index contributed by atoms with van der Waals surface area (Å²) in [5, 5.41) is 9.64. The third-order valence-corrected chi connectivity index (χ3v) is 10.3. The summed E-state index contributed by atoms with van der Waals surface area (Å²) in [5.74, 6) is 0.589. The van der Waals surface area contributed by atoms with Gasteiger partial charge in [-0.2, -0.15) is 9.40 Å². The molecule has 2 fully saturated rings. The molecule has 1 N–H and O–H groups in total. The maximum atomic E-state index is 14.0. The topological polar surface area (TPSA) is 98.5 Å². The number of carbonyl (C=O) groups is 1. The number of rotatable bonds is 6. The van der Waals surface area contributed by atoms with Gasteiger partial charge in [0, 0.05) is 48.3 Å². The monoisotopic (exact) mass is 563 g/mol. The lowest BCUT2D eigenvalue weighted by Crippen LogP contribution is -2.41. The van der Waals surface area contributed by atoms with Gasteiger partial charge in [0.05, 0.1) is 11.0 Å².